The lowest BCUT2D eigenvalue weighted by molar-refractivity contribution is -0.137. The number of hydrogen-bond acceptors (Lipinski definition) is 3. The van der Waals surface area contributed by atoms with Gasteiger partial charge in [0, 0.05) is 17.5 Å². The number of halogens is 1. The third-order valence-corrected chi connectivity index (χ3v) is 3.07. The summed E-state index contributed by atoms with van der Waals surface area (Å²) in [5.74, 6) is -0.150. The highest BCUT2D eigenvalue weighted by molar-refractivity contribution is 6.30. The van der Waals surface area contributed by atoms with E-state index in [9.17, 15) is 4.79 Å². The number of hydrogen-bond donors (Lipinski definition) is 2. The van der Waals surface area contributed by atoms with Crippen LogP contribution in [-0.2, 0) is 11.2 Å². The van der Waals surface area contributed by atoms with E-state index in [-0.39, 0.29) is 12.5 Å². The molecule has 5 heteroatoms. The number of nitrogens with two attached hydrogens (primary N) is 1. The molecule has 1 aromatic carbocycles. The minimum atomic E-state index is -0.850. The van der Waals surface area contributed by atoms with Crippen LogP contribution in [0.5, 0.6) is 5.75 Å². The Kier molecular flexibility index (Phi) is 5.44. The van der Waals surface area contributed by atoms with Gasteiger partial charge in [-0.2, -0.15) is 0 Å². The molecular formula is C13H18ClNO3. The van der Waals surface area contributed by atoms with Crippen LogP contribution in [0.4, 0.5) is 0 Å². The topological polar surface area (TPSA) is 72.5 Å². The van der Waals surface area contributed by atoms with Crippen molar-refractivity contribution in [1.29, 1.82) is 0 Å². The first kappa shape index (κ1) is 14.8. The first-order valence-electron chi connectivity index (χ1n) is 5.83. The predicted molar refractivity (Wildman–Crippen MR) is 71.2 cm³/mol. The Morgan fingerprint density at radius 3 is 2.72 bits per heavy atom. The zero-order chi connectivity index (χ0) is 13.7. The molecule has 0 bridgehead atoms. The van der Waals surface area contributed by atoms with Gasteiger partial charge >= 0.3 is 5.97 Å². The van der Waals surface area contributed by atoms with E-state index in [1.807, 2.05) is 6.92 Å². The summed E-state index contributed by atoms with van der Waals surface area (Å²) in [5.41, 5.74) is 7.88. The number of carbonyl (C=O) groups is 1. The van der Waals surface area contributed by atoms with Crippen LogP contribution < -0.4 is 10.5 Å². The first-order valence-corrected chi connectivity index (χ1v) is 6.21. The monoisotopic (exact) mass is 271 g/mol. The van der Waals surface area contributed by atoms with Crippen molar-refractivity contribution < 1.29 is 14.6 Å². The molecule has 1 aromatic rings. The summed E-state index contributed by atoms with van der Waals surface area (Å²) < 4.78 is 5.28. The molecule has 0 saturated heterocycles. The van der Waals surface area contributed by atoms with Gasteiger partial charge in [0.05, 0.1) is 7.11 Å². The molecule has 0 amide bonds. The molecule has 0 aliphatic heterocycles. The van der Waals surface area contributed by atoms with Crippen LogP contribution in [-0.4, -0.2) is 18.2 Å². The van der Waals surface area contributed by atoms with Gasteiger partial charge in [0.1, 0.15) is 5.75 Å². The van der Waals surface area contributed by atoms with E-state index in [2.05, 4.69) is 0 Å². The molecule has 0 fully saturated rings. The lowest BCUT2D eigenvalue weighted by atomic mass is 9.95. The van der Waals surface area contributed by atoms with Gasteiger partial charge in [0.25, 0.3) is 0 Å². The molecular weight excluding hydrogens is 254 g/mol. The average molecular weight is 272 g/mol. The minimum Gasteiger partial charge on any atom is -0.496 e. The molecule has 1 atom stereocenters. The second kappa shape index (κ2) is 6.61. The SMILES string of the molecule is CCc1c(OC)cc(Cl)cc1C(N)CCC(=O)O. The van der Waals surface area contributed by atoms with Crippen LogP contribution in [0, 0.1) is 0 Å². The number of methoxy groups -OCH3 is 1. The normalized spacial score (nSPS) is 12.2. The molecule has 0 aliphatic rings. The van der Waals surface area contributed by atoms with E-state index in [1.165, 1.54) is 0 Å². The highest BCUT2D eigenvalue weighted by Gasteiger charge is 2.16. The molecule has 1 rings (SSSR count). The van der Waals surface area contributed by atoms with Crippen LogP contribution in [0.3, 0.4) is 0 Å². The third-order valence-electron chi connectivity index (χ3n) is 2.85. The predicted octanol–water partition coefficient (Wildman–Crippen LogP) is 2.78. The average Bonchev–Trinajstić information content (AvgIpc) is 2.34. The summed E-state index contributed by atoms with van der Waals surface area (Å²) in [7, 11) is 1.58. The van der Waals surface area contributed by atoms with Crippen LogP contribution in [0.25, 0.3) is 0 Å². The van der Waals surface area contributed by atoms with Crippen molar-refractivity contribution in [3.05, 3.63) is 28.3 Å². The number of ether oxygens (including phenoxy) is 1. The van der Waals surface area contributed by atoms with Gasteiger partial charge in [-0.3, -0.25) is 4.79 Å². The van der Waals surface area contributed by atoms with E-state index in [4.69, 9.17) is 27.2 Å². The molecule has 0 radical (unpaired) electrons. The highest BCUT2D eigenvalue weighted by Crippen LogP contribution is 2.32. The number of carboxylic acid groups (broad SMARTS) is 1. The van der Waals surface area contributed by atoms with E-state index in [1.54, 1.807) is 19.2 Å². The van der Waals surface area contributed by atoms with Crippen LogP contribution >= 0.6 is 11.6 Å². The van der Waals surface area contributed by atoms with Gasteiger partial charge in [0.15, 0.2) is 0 Å². The van der Waals surface area contributed by atoms with Crippen molar-refractivity contribution in [1.82, 2.24) is 0 Å². The Hall–Kier alpha value is -1.26. The zero-order valence-corrected chi connectivity index (χ0v) is 11.3. The molecule has 0 heterocycles. The fourth-order valence-corrected chi connectivity index (χ4v) is 2.17. The van der Waals surface area contributed by atoms with Gasteiger partial charge in [-0.05, 0) is 36.1 Å². The second-order valence-corrected chi connectivity index (χ2v) is 4.50. The third kappa shape index (κ3) is 3.62. The van der Waals surface area contributed by atoms with E-state index in [0.717, 1.165) is 17.5 Å². The maximum atomic E-state index is 10.6. The van der Waals surface area contributed by atoms with Crippen molar-refractivity contribution in [2.75, 3.05) is 7.11 Å². The van der Waals surface area contributed by atoms with Gasteiger partial charge < -0.3 is 15.6 Å². The summed E-state index contributed by atoms with van der Waals surface area (Å²) >= 11 is 6.01. The van der Waals surface area contributed by atoms with Gasteiger partial charge in [-0.15, -0.1) is 0 Å². The molecule has 18 heavy (non-hydrogen) atoms. The number of carboxylic acids is 1. The van der Waals surface area contributed by atoms with E-state index >= 15 is 0 Å². The number of rotatable bonds is 6. The van der Waals surface area contributed by atoms with Crippen LogP contribution in [0.1, 0.15) is 36.9 Å². The quantitative estimate of drug-likeness (QED) is 0.834. The number of benzene rings is 1. The molecule has 3 N–H and O–H groups in total. The maximum absolute atomic E-state index is 10.6. The van der Waals surface area contributed by atoms with Crippen molar-refractivity contribution in [3.63, 3.8) is 0 Å². The van der Waals surface area contributed by atoms with Crippen molar-refractivity contribution in [2.45, 2.75) is 32.2 Å². The van der Waals surface area contributed by atoms with Crippen LogP contribution in [0.2, 0.25) is 5.02 Å². The van der Waals surface area contributed by atoms with Gasteiger partial charge in [0.2, 0.25) is 0 Å². The zero-order valence-electron chi connectivity index (χ0n) is 10.6. The second-order valence-electron chi connectivity index (χ2n) is 4.07. The fraction of sp³-hybridized carbons (Fsp3) is 0.462. The molecule has 4 nitrogen and oxygen atoms in total. The minimum absolute atomic E-state index is 0.0408. The van der Waals surface area contributed by atoms with Gasteiger partial charge in [-0.25, -0.2) is 0 Å². The largest absolute Gasteiger partial charge is 0.496 e. The summed E-state index contributed by atoms with van der Waals surface area (Å²) in [5, 5.41) is 9.23. The van der Waals surface area contributed by atoms with E-state index in [0.29, 0.717) is 17.2 Å². The standard InChI is InChI=1S/C13H18ClNO3/c1-3-9-10(11(15)4-5-13(16)17)6-8(14)7-12(9)18-2/h6-7,11H,3-5,15H2,1-2H3,(H,16,17). The summed E-state index contributed by atoms with van der Waals surface area (Å²) in [6.07, 6.45) is 1.18. The Morgan fingerprint density at radius 2 is 2.22 bits per heavy atom. The molecule has 0 aliphatic carbocycles. The molecule has 0 spiro atoms. The lowest BCUT2D eigenvalue weighted by Crippen LogP contribution is -2.15. The Balaban J connectivity index is 3.05. The first-order chi connectivity index (χ1) is 8.49. The van der Waals surface area contributed by atoms with Crippen molar-refractivity contribution in [2.24, 2.45) is 5.73 Å². The molecule has 0 aromatic heterocycles. The fourth-order valence-electron chi connectivity index (χ4n) is 1.96. The van der Waals surface area contributed by atoms with Crippen LogP contribution in [0.15, 0.2) is 12.1 Å². The summed E-state index contributed by atoms with van der Waals surface area (Å²) in [6.45, 7) is 2.00. The lowest BCUT2D eigenvalue weighted by Gasteiger charge is -2.18. The Morgan fingerprint density at radius 1 is 1.56 bits per heavy atom. The van der Waals surface area contributed by atoms with E-state index < -0.39 is 5.97 Å². The maximum Gasteiger partial charge on any atom is 0.303 e. The van der Waals surface area contributed by atoms with Crippen molar-refractivity contribution in [3.8, 4) is 5.75 Å². The Labute approximate surface area is 112 Å². The smallest absolute Gasteiger partial charge is 0.303 e. The van der Waals surface area contributed by atoms with Crippen molar-refractivity contribution >= 4 is 17.6 Å². The number of aliphatic carboxylic acids is 1. The molecule has 100 valence electrons. The molecule has 0 saturated carbocycles. The highest BCUT2D eigenvalue weighted by atomic mass is 35.5. The summed E-state index contributed by atoms with van der Waals surface area (Å²) in [4.78, 5) is 10.6. The Bertz CT molecular complexity index is 434. The molecule has 1 unspecified atom stereocenters. The summed E-state index contributed by atoms with van der Waals surface area (Å²) in [6, 6.07) is 3.19. The van der Waals surface area contributed by atoms with Gasteiger partial charge in [-0.1, -0.05) is 18.5 Å².